The zero-order chi connectivity index (χ0) is 19.8. The number of nitrogens with zero attached hydrogens (tertiary/aromatic N) is 5. The molecule has 142 valence electrons. The van der Waals surface area contributed by atoms with E-state index in [1.807, 2.05) is 78.7 Å². The Morgan fingerprint density at radius 2 is 1.83 bits per heavy atom. The molecule has 5 rings (SSSR count). The molecule has 0 fully saturated rings. The van der Waals surface area contributed by atoms with E-state index in [4.69, 9.17) is 16.6 Å². The molecule has 0 aliphatic carbocycles. The third-order valence-electron chi connectivity index (χ3n) is 4.68. The Kier molecular flexibility index (Phi) is 4.26. The minimum absolute atomic E-state index is 0.702. The van der Waals surface area contributed by atoms with E-state index < -0.39 is 0 Å². The molecule has 4 aromatic heterocycles. The number of aromatic nitrogens is 5. The average molecular weight is 401 g/mol. The monoisotopic (exact) mass is 400 g/mol. The predicted molar refractivity (Wildman–Crippen MR) is 115 cm³/mol. The third-order valence-corrected chi connectivity index (χ3v) is 4.93. The lowest BCUT2D eigenvalue weighted by molar-refractivity contribution is 0.768. The van der Waals surface area contributed by atoms with Gasteiger partial charge in [-0.15, -0.1) is 0 Å². The molecule has 4 heterocycles. The maximum absolute atomic E-state index is 5.96. The molecule has 0 aliphatic heterocycles. The van der Waals surface area contributed by atoms with E-state index in [9.17, 15) is 0 Å². The van der Waals surface area contributed by atoms with Crippen molar-refractivity contribution in [3.63, 3.8) is 0 Å². The van der Waals surface area contributed by atoms with Crippen LogP contribution in [-0.2, 0) is 7.05 Å². The smallest absolute Gasteiger partial charge is 0.137 e. The van der Waals surface area contributed by atoms with Crippen LogP contribution >= 0.6 is 11.6 Å². The lowest BCUT2D eigenvalue weighted by Gasteiger charge is -2.08. The summed E-state index contributed by atoms with van der Waals surface area (Å²) in [7, 11) is 1.91. The predicted octanol–water partition coefficient (Wildman–Crippen LogP) is 5.19. The first-order chi connectivity index (χ1) is 14.2. The molecular weight excluding hydrogens is 384 g/mol. The maximum atomic E-state index is 5.96. The molecule has 0 saturated heterocycles. The fraction of sp³-hybridized carbons (Fsp3) is 0.0455. The molecule has 0 saturated carbocycles. The van der Waals surface area contributed by atoms with Gasteiger partial charge >= 0.3 is 0 Å². The second-order valence-electron chi connectivity index (χ2n) is 6.73. The largest absolute Gasteiger partial charge is 0.340 e. The molecule has 0 amide bonds. The first-order valence-corrected chi connectivity index (χ1v) is 9.50. The molecule has 7 heteroatoms. The molecule has 6 nitrogen and oxygen atoms in total. The number of anilines is 2. The molecule has 0 aliphatic rings. The summed E-state index contributed by atoms with van der Waals surface area (Å²) in [5.41, 5.74) is 5.70. The van der Waals surface area contributed by atoms with E-state index in [-0.39, 0.29) is 0 Å². The Morgan fingerprint density at radius 1 is 0.966 bits per heavy atom. The van der Waals surface area contributed by atoms with Crippen molar-refractivity contribution in [3.8, 4) is 22.5 Å². The van der Waals surface area contributed by atoms with Crippen LogP contribution in [0.1, 0.15) is 0 Å². The minimum Gasteiger partial charge on any atom is -0.340 e. The van der Waals surface area contributed by atoms with Gasteiger partial charge in [0, 0.05) is 35.7 Å². The van der Waals surface area contributed by atoms with Crippen molar-refractivity contribution < 1.29 is 0 Å². The summed E-state index contributed by atoms with van der Waals surface area (Å²) in [6, 6.07) is 17.5. The van der Waals surface area contributed by atoms with Crippen LogP contribution in [0.4, 0.5) is 11.5 Å². The lowest BCUT2D eigenvalue weighted by atomic mass is 10.1. The van der Waals surface area contributed by atoms with E-state index in [0.29, 0.717) is 5.02 Å². The molecule has 1 aromatic carbocycles. The van der Waals surface area contributed by atoms with Crippen molar-refractivity contribution in [2.45, 2.75) is 0 Å². The average Bonchev–Trinajstić information content (AvgIpc) is 3.36. The van der Waals surface area contributed by atoms with Crippen molar-refractivity contribution in [2.24, 2.45) is 7.05 Å². The second kappa shape index (κ2) is 7.07. The number of pyridine rings is 2. The fourth-order valence-electron chi connectivity index (χ4n) is 3.25. The van der Waals surface area contributed by atoms with Crippen molar-refractivity contribution in [2.75, 3.05) is 5.32 Å². The van der Waals surface area contributed by atoms with E-state index in [0.717, 1.165) is 39.7 Å². The molecule has 0 atom stereocenters. The first kappa shape index (κ1) is 17.5. The Morgan fingerprint density at radius 3 is 2.62 bits per heavy atom. The number of fused-ring (bicyclic) bond motifs is 1. The molecule has 0 radical (unpaired) electrons. The van der Waals surface area contributed by atoms with Crippen LogP contribution in [-0.4, -0.2) is 24.1 Å². The Balaban J connectivity index is 1.48. The van der Waals surface area contributed by atoms with Crippen LogP contribution in [0.2, 0.25) is 5.02 Å². The number of nitrogens with one attached hydrogen (secondary N) is 1. The minimum atomic E-state index is 0.702. The molecule has 0 bridgehead atoms. The van der Waals surface area contributed by atoms with Gasteiger partial charge < -0.3 is 5.32 Å². The lowest BCUT2D eigenvalue weighted by Crippen LogP contribution is -1.96. The third kappa shape index (κ3) is 3.46. The standard InChI is InChI=1S/C22H17ClN6/c1-28-14-16(12-25-28)15-9-10-29-20(13-24-22(29)11-15)19-3-2-4-21(27-19)26-18-7-5-17(23)6-8-18/h2-14H,1H3,(H,26,27). The molecule has 0 unspecified atom stereocenters. The Bertz CT molecular complexity index is 1300. The van der Waals surface area contributed by atoms with Crippen molar-refractivity contribution in [3.05, 3.63) is 84.4 Å². The molecule has 29 heavy (non-hydrogen) atoms. The fourth-order valence-corrected chi connectivity index (χ4v) is 3.37. The highest BCUT2D eigenvalue weighted by molar-refractivity contribution is 6.30. The highest BCUT2D eigenvalue weighted by atomic mass is 35.5. The van der Waals surface area contributed by atoms with Gasteiger partial charge in [0.05, 0.1) is 23.8 Å². The van der Waals surface area contributed by atoms with E-state index in [1.54, 1.807) is 4.68 Å². The zero-order valence-corrected chi connectivity index (χ0v) is 16.4. The summed E-state index contributed by atoms with van der Waals surface area (Å²) in [5.74, 6) is 0.756. The van der Waals surface area contributed by atoms with Crippen molar-refractivity contribution >= 4 is 28.8 Å². The van der Waals surface area contributed by atoms with Crippen LogP contribution in [0.15, 0.2) is 79.4 Å². The summed E-state index contributed by atoms with van der Waals surface area (Å²) < 4.78 is 3.83. The summed E-state index contributed by atoms with van der Waals surface area (Å²) in [6.45, 7) is 0. The van der Waals surface area contributed by atoms with Gasteiger partial charge in [0.1, 0.15) is 11.5 Å². The van der Waals surface area contributed by atoms with Crippen LogP contribution in [0.3, 0.4) is 0 Å². The number of hydrogen-bond donors (Lipinski definition) is 1. The summed E-state index contributed by atoms with van der Waals surface area (Å²) >= 11 is 5.96. The quantitative estimate of drug-likeness (QED) is 0.450. The number of imidazole rings is 1. The maximum Gasteiger partial charge on any atom is 0.137 e. The molecular formula is C22H17ClN6. The van der Waals surface area contributed by atoms with Gasteiger partial charge in [-0.25, -0.2) is 9.97 Å². The van der Waals surface area contributed by atoms with Gasteiger partial charge in [0.15, 0.2) is 0 Å². The van der Waals surface area contributed by atoms with E-state index in [2.05, 4.69) is 27.5 Å². The number of halogens is 1. The Hall–Kier alpha value is -3.64. The van der Waals surface area contributed by atoms with Crippen LogP contribution in [0, 0.1) is 0 Å². The normalized spacial score (nSPS) is 11.1. The SMILES string of the molecule is Cn1cc(-c2ccn3c(-c4cccc(Nc5ccc(Cl)cc5)n4)cnc3c2)cn1. The molecule has 0 spiro atoms. The second-order valence-corrected chi connectivity index (χ2v) is 7.17. The topological polar surface area (TPSA) is 60.0 Å². The number of aryl methyl sites for hydroxylation is 1. The highest BCUT2D eigenvalue weighted by Gasteiger charge is 2.10. The number of benzene rings is 1. The highest BCUT2D eigenvalue weighted by Crippen LogP contribution is 2.25. The van der Waals surface area contributed by atoms with E-state index in [1.165, 1.54) is 0 Å². The van der Waals surface area contributed by atoms with Crippen molar-refractivity contribution in [1.82, 2.24) is 24.1 Å². The zero-order valence-electron chi connectivity index (χ0n) is 15.6. The van der Waals surface area contributed by atoms with Crippen molar-refractivity contribution in [1.29, 1.82) is 0 Å². The van der Waals surface area contributed by atoms with Crippen LogP contribution in [0.25, 0.3) is 28.2 Å². The van der Waals surface area contributed by atoms with Gasteiger partial charge in [0.2, 0.25) is 0 Å². The summed E-state index contributed by atoms with van der Waals surface area (Å²) in [5, 5.41) is 8.25. The van der Waals surface area contributed by atoms with Gasteiger partial charge in [0.25, 0.3) is 0 Å². The van der Waals surface area contributed by atoms with Gasteiger partial charge in [-0.1, -0.05) is 17.7 Å². The van der Waals surface area contributed by atoms with Gasteiger partial charge in [-0.2, -0.15) is 5.10 Å². The number of hydrogen-bond acceptors (Lipinski definition) is 4. The Labute approximate surface area is 172 Å². The van der Waals surface area contributed by atoms with Gasteiger partial charge in [-0.05, 0) is 54.1 Å². The van der Waals surface area contributed by atoms with Gasteiger partial charge in [-0.3, -0.25) is 9.08 Å². The van der Waals surface area contributed by atoms with E-state index >= 15 is 0 Å². The number of rotatable bonds is 4. The van der Waals surface area contributed by atoms with Crippen LogP contribution < -0.4 is 5.32 Å². The molecule has 1 N–H and O–H groups in total. The van der Waals surface area contributed by atoms with Crippen LogP contribution in [0.5, 0.6) is 0 Å². The summed E-state index contributed by atoms with van der Waals surface area (Å²) in [4.78, 5) is 9.32. The first-order valence-electron chi connectivity index (χ1n) is 9.12. The molecule has 5 aromatic rings. The summed E-state index contributed by atoms with van der Waals surface area (Å²) in [6.07, 6.45) is 7.70.